The molecule has 1 amide bonds. The van der Waals surface area contributed by atoms with Crippen LogP contribution in [0.1, 0.15) is 61.8 Å². The van der Waals surface area contributed by atoms with Crippen LogP contribution in [0.4, 0.5) is 0 Å². The predicted molar refractivity (Wildman–Crippen MR) is 145 cm³/mol. The molecule has 2 N–H and O–H groups in total. The summed E-state index contributed by atoms with van der Waals surface area (Å²) in [5, 5.41) is 9.81. The molecule has 2 atom stereocenters. The van der Waals surface area contributed by atoms with E-state index in [4.69, 9.17) is 14.2 Å². The van der Waals surface area contributed by atoms with E-state index in [1.165, 1.54) is 0 Å². The number of fused-ring (bicyclic) bond motifs is 1. The van der Waals surface area contributed by atoms with Gasteiger partial charge in [-0.2, -0.15) is 0 Å². The fourth-order valence-electron chi connectivity index (χ4n) is 4.85. The number of hydrogen-bond donors (Lipinski definition) is 2. The molecule has 3 aromatic rings. The zero-order valence-electron chi connectivity index (χ0n) is 21.9. The Kier molecular flexibility index (Phi) is 7.51. The maximum Gasteiger partial charge on any atom is 0.235 e. The van der Waals surface area contributed by atoms with Crippen molar-refractivity contribution < 1.29 is 32.5 Å². The Bertz CT molecular complexity index is 1430. The number of nitrogens with one attached hydrogen (secondary N) is 1. The van der Waals surface area contributed by atoms with Crippen LogP contribution in [0, 0.1) is 0 Å². The highest BCUT2D eigenvalue weighted by Gasteiger charge is 2.31. The number of pyridine rings is 1. The quantitative estimate of drug-likeness (QED) is 0.400. The van der Waals surface area contributed by atoms with E-state index in [1.54, 1.807) is 32.2 Å². The molecule has 1 aliphatic heterocycles. The van der Waals surface area contributed by atoms with Crippen LogP contribution in [0.3, 0.4) is 0 Å². The number of hydrogen-bond acceptors (Lipinski definition) is 8. The molecular formula is C29H32N2O7S. The topological polar surface area (TPSA) is 124 Å². The summed E-state index contributed by atoms with van der Waals surface area (Å²) in [7, 11) is -3.59. The number of amides is 1. The zero-order valence-corrected chi connectivity index (χ0v) is 22.7. The summed E-state index contributed by atoms with van der Waals surface area (Å²) >= 11 is 0. The molecular weight excluding hydrogens is 520 g/mol. The van der Waals surface area contributed by atoms with Crippen LogP contribution in [-0.2, 0) is 21.2 Å². The van der Waals surface area contributed by atoms with Crippen molar-refractivity contribution in [1.29, 1.82) is 0 Å². The molecule has 1 fully saturated rings. The molecule has 0 spiro atoms. The Morgan fingerprint density at radius 3 is 2.54 bits per heavy atom. The van der Waals surface area contributed by atoms with E-state index in [0.717, 1.165) is 35.3 Å². The van der Waals surface area contributed by atoms with Crippen molar-refractivity contribution in [3.05, 3.63) is 77.5 Å². The summed E-state index contributed by atoms with van der Waals surface area (Å²) in [6.07, 6.45) is 3.72. The number of aliphatic hydroxyl groups is 1. The van der Waals surface area contributed by atoms with Crippen LogP contribution in [0.2, 0.25) is 0 Å². The van der Waals surface area contributed by atoms with Crippen LogP contribution in [0.5, 0.6) is 23.1 Å². The first kappa shape index (κ1) is 27.0. The highest BCUT2D eigenvalue weighted by molar-refractivity contribution is 7.90. The molecule has 39 heavy (non-hydrogen) atoms. The van der Waals surface area contributed by atoms with Crippen LogP contribution < -0.4 is 18.9 Å². The van der Waals surface area contributed by atoms with Gasteiger partial charge < -0.3 is 19.3 Å². The third-order valence-electron chi connectivity index (χ3n) is 6.83. The van der Waals surface area contributed by atoms with Gasteiger partial charge in [0, 0.05) is 30.4 Å². The number of ether oxygens (including phenoxy) is 3. The second-order valence-electron chi connectivity index (χ2n) is 10.6. The molecule has 1 unspecified atom stereocenters. The minimum atomic E-state index is -3.59. The van der Waals surface area contributed by atoms with Crippen molar-refractivity contribution >= 4 is 15.9 Å². The van der Waals surface area contributed by atoms with Crippen LogP contribution in [-0.4, -0.2) is 42.4 Å². The van der Waals surface area contributed by atoms with E-state index < -0.39 is 21.5 Å². The normalized spacial score (nSPS) is 20.1. The molecule has 0 bridgehead atoms. The molecule has 9 nitrogen and oxygen atoms in total. The van der Waals surface area contributed by atoms with Crippen molar-refractivity contribution in [2.45, 2.75) is 57.2 Å². The SMILES string of the molecule is CC(C)(O)CCOc1ccc(Oc2cccc3c2CC[C@H]3Oc2ccc(C3CC(=O)NS(=O)(=O)C3)cc2)cn1. The van der Waals surface area contributed by atoms with Gasteiger partial charge in [-0.05, 0) is 62.1 Å². The van der Waals surface area contributed by atoms with Gasteiger partial charge >= 0.3 is 0 Å². The number of aromatic nitrogens is 1. The maximum absolute atomic E-state index is 11.9. The van der Waals surface area contributed by atoms with Gasteiger partial charge in [0.05, 0.1) is 24.2 Å². The Morgan fingerprint density at radius 2 is 1.85 bits per heavy atom. The largest absolute Gasteiger partial charge is 0.486 e. The van der Waals surface area contributed by atoms with E-state index >= 15 is 0 Å². The number of nitrogens with zero attached hydrogens (tertiary/aromatic N) is 1. The van der Waals surface area contributed by atoms with E-state index in [1.807, 2.05) is 47.2 Å². The minimum Gasteiger partial charge on any atom is -0.486 e. The van der Waals surface area contributed by atoms with Gasteiger partial charge in [-0.15, -0.1) is 0 Å². The molecule has 0 radical (unpaired) electrons. The number of carbonyl (C=O) groups excluding carboxylic acids is 1. The first-order valence-corrected chi connectivity index (χ1v) is 14.6. The Balaban J connectivity index is 1.22. The summed E-state index contributed by atoms with van der Waals surface area (Å²) < 4.78 is 43.9. The molecule has 0 saturated carbocycles. The number of rotatable bonds is 9. The predicted octanol–water partition coefficient (Wildman–Crippen LogP) is 4.41. The fraction of sp³-hybridized carbons (Fsp3) is 0.379. The maximum atomic E-state index is 11.9. The number of benzene rings is 2. The van der Waals surface area contributed by atoms with E-state index in [2.05, 4.69) is 4.98 Å². The molecule has 1 aromatic heterocycles. The van der Waals surface area contributed by atoms with Gasteiger partial charge in [0.1, 0.15) is 23.4 Å². The average molecular weight is 553 g/mol. The standard InChI is InChI=1S/C29H32N2O7S/c1-29(2,33)14-15-36-28-13-10-22(17-30-28)38-25-5-3-4-23-24(25)11-12-26(23)37-21-8-6-19(7-9-21)20-16-27(32)31-39(34,35)18-20/h3-10,13,17,20,26,33H,11-12,14-16,18H2,1-2H3,(H,31,32)/t20?,26-/m1/s1. The fourth-order valence-corrected chi connectivity index (χ4v) is 6.20. The molecule has 5 rings (SSSR count). The highest BCUT2D eigenvalue weighted by atomic mass is 32.2. The van der Waals surface area contributed by atoms with Crippen molar-refractivity contribution in [3.63, 3.8) is 0 Å². The Labute approximate surface area is 228 Å². The summed E-state index contributed by atoms with van der Waals surface area (Å²) in [6, 6.07) is 16.8. The lowest BCUT2D eigenvalue weighted by molar-refractivity contribution is -0.119. The molecule has 206 valence electrons. The smallest absolute Gasteiger partial charge is 0.235 e. The Morgan fingerprint density at radius 1 is 1.08 bits per heavy atom. The lowest BCUT2D eigenvalue weighted by Gasteiger charge is -2.23. The summed E-state index contributed by atoms with van der Waals surface area (Å²) in [5.41, 5.74) is 2.15. The van der Waals surface area contributed by atoms with E-state index in [9.17, 15) is 18.3 Å². The van der Waals surface area contributed by atoms with Gasteiger partial charge in [-0.25, -0.2) is 13.4 Å². The monoisotopic (exact) mass is 552 g/mol. The molecule has 1 aliphatic carbocycles. The number of carbonyl (C=O) groups is 1. The van der Waals surface area contributed by atoms with E-state index in [0.29, 0.717) is 30.4 Å². The molecule has 2 heterocycles. The van der Waals surface area contributed by atoms with Gasteiger partial charge in [0.25, 0.3) is 0 Å². The lowest BCUT2D eigenvalue weighted by atomic mass is 9.97. The average Bonchev–Trinajstić information content (AvgIpc) is 3.27. The van der Waals surface area contributed by atoms with Crippen molar-refractivity contribution in [3.8, 4) is 23.1 Å². The first-order valence-electron chi connectivity index (χ1n) is 13.0. The zero-order chi connectivity index (χ0) is 27.6. The summed E-state index contributed by atoms with van der Waals surface area (Å²) in [5.74, 6) is 1.54. The van der Waals surface area contributed by atoms with Gasteiger partial charge in [-0.1, -0.05) is 24.3 Å². The van der Waals surface area contributed by atoms with Crippen LogP contribution in [0.25, 0.3) is 0 Å². The molecule has 1 saturated heterocycles. The van der Waals surface area contributed by atoms with Crippen molar-refractivity contribution in [2.24, 2.45) is 0 Å². The van der Waals surface area contributed by atoms with Crippen molar-refractivity contribution in [1.82, 2.24) is 9.71 Å². The minimum absolute atomic E-state index is 0.106. The van der Waals surface area contributed by atoms with Gasteiger partial charge in [0.15, 0.2) is 0 Å². The van der Waals surface area contributed by atoms with Crippen LogP contribution >= 0.6 is 0 Å². The van der Waals surface area contributed by atoms with Gasteiger partial charge in [-0.3, -0.25) is 9.52 Å². The molecule has 10 heteroatoms. The second-order valence-corrected chi connectivity index (χ2v) is 12.4. The highest BCUT2D eigenvalue weighted by Crippen LogP contribution is 2.41. The van der Waals surface area contributed by atoms with E-state index in [-0.39, 0.29) is 24.2 Å². The number of sulfonamides is 1. The molecule has 2 aliphatic rings. The molecule has 2 aromatic carbocycles. The lowest BCUT2D eigenvalue weighted by Crippen LogP contribution is -2.40. The summed E-state index contributed by atoms with van der Waals surface area (Å²) in [6.45, 7) is 3.84. The van der Waals surface area contributed by atoms with Gasteiger partial charge in [0.2, 0.25) is 21.8 Å². The third-order valence-corrected chi connectivity index (χ3v) is 8.20. The third kappa shape index (κ3) is 6.88. The second kappa shape index (κ2) is 10.9. The summed E-state index contributed by atoms with van der Waals surface area (Å²) in [4.78, 5) is 16.1. The van der Waals surface area contributed by atoms with Crippen molar-refractivity contribution in [2.75, 3.05) is 12.4 Å². The Hall–Kier alpha value is -3.63. The van der Waals surface area contributed by atoms with Crippen LogP contribution in [0.15, 0.2) is 60.8 Å². The first-order chi connectivity index (χ1) is 18.5.